The minimum atomic E-state index is -0.203. The molecular formula is C24H26ClN3O2. The van der Waals surface area contributed by atoms with E-state index in [2.05, 4.69) is 34.1 Å². The first-order valence-corrected chi connectivity index (χ1v) is 10.8. The largest absolute Gasteiger partial charge is 0.364 e. The van der Waals surface area contributed by atoms with Crippen LogP contribution in [0.15, 0.2) is 60.3 Å². The molecule has 0 spiro atoms. The Labute approximate surface area is 182 Å². The van der Waals surface area contributed by atoms with Crippen molar-refractivity contribution in [2.24, 2.45) is 0 Å². The first-order chi connectivity index (χ1) is 14.6. The SMILES string of the molecule is CCCN1C(=O)C(c2ccc(Cl)cc2)=C(N2CCN(Cc3ccccc3)CC2)C1=O. The van der Waals surface area contributed by atoms with Gasteiger partial charge in [-0.15, -0.1) is 0 Å². The highest BCUT2D eigenvalue weighted by atomic mass is 35.5. The number of nitrogens with zero attached hydrogens (tertiary/aromatic N) is 3. The molecular weight excluding hydrogens is 398 g/mol. The second kappa shape index (κ2) is 9.02. The van der Waals surface area contributed by atoms with Crippen molar-refractivity contribution in [1.29, 1.82) is 0 Å². The number of carbonyl (C=O) groups is 2. The second-order valence-electron chi connectivity index (χ2n) is 7.74. The predicted octanol–water partition coefficient (Wildman–Crippen LogP) is 3.65. The van der Waals surface area contributed by atoms with Crippen molar-refractivity contribution in [2.75, 3.05) is 32.7 Å². The maximum Gasteiger partial charge on any atom is 0.277 e. The van der Waals surface area contributed by atoms with Crippen LogP contribution in [0, 0.1) is 0 Å². The molecule has 0 radical (unpaired) electrons. The van der Waals surface area contributed by atoms with E-state index in [4.69, 9.17) is 11.6 Å². The van der Waals surface area contributed by atoms with Gasteiger partial charge in [0.15, 0.2) is 0 Å². The van der Waals surface area contributed by atoms with Gasteiger partial charge >= 0.3 is 0 Å². The lowest BCUT2D eigenvalue weighted by Crippen LogP contribution is -2.47. The zero-order valence-corrected chi connectivity index (χ0v) is 17.9. The fraction of sp³-hybridized carbons (Fsp3) is 0.333. The Balaban J connectivity index is 1.57. The van der Waals surface area contributed by atoms with E-state index in [1.54, 1.807) is 12.1 Å². The molecule has 2 aromatic rings. The molecule has 156 valence electrons. The number of imide groups is 1. The third-order valence-corrected chi connectivity index (χ3v) is 5.91. The third-order valence-electron chi connectivity index (χ3n) is 5.66. The number of piperazine rings is 1. The van der Waals surface area contributed by atoms with Gasteiger partial charge in [-0.2, -0.15) is 0 Å². The molecule has 5 nitrogen and oxygen atoms in total. The van der Waals surface area contributed by atoms with Crippen molar-refractivity contribution in [1.82, 2.24) is 14.7 Å². The van der Waals surface area contributed by atoms with Crippen LogP contribution in [0.5, 0.6) is 0 Å². The number of hydrogen-bond acceptors (Lipinski definition) is 4. The van der Waals surface area contributed by atoms with Crippen molar-refractivity contribution in [3.05, 3.63) is 76.4 Å². The summed E-state index contributed by atoms with van der Waals surface area (Å²) in [5.74, 6) is -0.380. The molecule has 1 fully saturated rings. The Hall–Kier alpha value is -2.63. The van der Waals surface area contributed by atoms with Gasteiger partial charge in [0, 0.05) is 44.3 Å². The summed E-state index contributed by atoms with van der Waals surface area (Å²) < 4.78 is 0. The van der Waals surface area contributed by atoms with Gasteiger partial charge < -0.3 is 4.90 Å². The average Bonchev–Trinajstić information content (AvgIpc) is 3.01. The number of amides is 2. The fourth-order valence-electron chi connectivity index (χ4n) is 4.13. The number of hydrogen-bond donors (Lipinski definition) is 0. The zero-order valence-electron chi connectivity index (χ0n) is 17.2. The van der Waals surface area contributed by atoms with Crippen LogP contribution in [-0.2, 0) is 16.1 Å². The highest BCUT2D eigenvalue weighted by Crippen LogP contribution is 2.33. The number of halogens is 1. The summed E-state index contributed by atoms with van der Waals surface area (Å²) in [7, 11) is 0. The molecule has 0 atom stereocenters. The molecule has 2 aromatic carbocycles. The quantitative estimate of drug-likeness (QED) is 0.665. The van der Waals surface area contributed by atoms with Crippen molar-refractivity contribution in [3.63, 3.8) is 0 Å². The molecule has 2 aliphatic heterocycles. The van der Waals surface area contributed by atoms with Crippen LogP contribution in [0.25, 0.3) is 5.57 Å². The molecule has 0 aromatic heterocycles. The standard InChI is InChI=1S/C24H26ClN3O2/c1-2-12-28-23(29)21(19-8-10-20(25)11-9-19)22(24(28)30)27-15-13-26(14-16-27)17-18-6-4-3-5-7-18/h3-11H,2,12-17H2,1H3. The first kappa shape index (κ1) is 20.6. The maximum atomic E-state index is 13.2. The van der Waals surface area contributed by atoms with Gasteiger partial charge in [0.1, 0.15) is 5.70 Å². The van der Waals surface area contributed by atoms with Crippen molar-refractivity contribution < 1.29 is 9.59 Å². The summed E-state index contributed by atoms with van der Waals surface area (Å²) in [6.07, 6.45) is 0.740. The molecule has 0 aliphatic carbocycles. The highest BCUT2D eigenvalue weighted by Gasteiger charge is 2.41. The Morgan fingerprint density at radius 3 is 2.17 bits per heavy atom. The lowest BCUT2D eigenvalue weighted by atomic mass is 10.0. The molecule has 0 unspecified atom stereocenters. The van der Waals surface area contributed by atoms with Crippen LogP contribution in [0.4, 0.5) is 0 Å². The van der Waals surface area contributed by atoms with E-state index < -0.39 is 0 Å². The van der Waals surface area contributed by atoms with Crippen molar-refractivity contribution >= 4 is 29.0 Å². The van der Waals surface area contributed by atoms with Gasteiger partial charge in [-0.1, -0.05) is 61.0 Å². The van der Waals surface area contributed by atoms with E-state index in [0.717, 1.165) is 44.7 Å². The normalized spacial score (nSPS) is 17.9. The number of rotatable bonds is 6. The summed E-state index contributed by atoms with van der Waals surface area (Å²) in [6.45, 7) is 6.45. The van der Waals surface area contributed by atoms with Crippen molar-refractivity contribution in [2.45, 2.75) is 19.9 Å². The molecule has 1 saturated heterocycles. The molecule has 2 amide bonds. The van der Waals surface area contributed by atoms with Crippen molar-refractivity contribution in [3.8, 4) is 0 Å². The van der Waals surface area contributed by atoms with Crippen LogP contribution in [0.3, 0.4) is 0 Å². The second-order valence-corrected chi connectivity index (χ2v) is 8.18. The number of carbonyl (C=O) groups excluding carboxylic acids is 2. The maximum absolute atomic E-state index is 13.2. The van der Waals surface area contributed by atoms with Gasteiger partial charge in [0.05, 0.1) is 5.57 Å². The first-order valence-electron chi connectivity index (χ1n) is 10.5. The molecule has 4 rings (SSSR count). The summed E-state index contributed by atoms with van der Waals surface area (Å²) in [5, 5.41) is 0.609. The zero-order chi connectivity index (χ0) is 21.1. The molecule has 2 aliphatic rings. The van der Waals surface area contributed by atoms with E-state index in [9.17, 15) is 9.59 Å². The van der Waals surface area contributed by atoms with Gasteiger partial charge in [-0.3, -0.25) is 19.4 Å². The summed E-state index contributed by atoms with van der Waals surface area (Å²) >= 11 is 6.04. The Bertz CT molecular complexity index is 948. The van der Waals surface area contributed by atoms with Gasteiger partial charge in [0.25, 0.3) is 11.8 Å². The minimum Gasteiger partial charge on any atom is -0.364 e. The van der Waals surface area contributed by atoms with Gasteiger partial charge in [-0.25, -0.2) is 0 Å². The lowest BCUT2D eigenvalue weighted by molar-refractivity contribution is -0.137. The smallest absolute Gasteiger partial charge is 0.277 e. The molecule has 2 heterocycles. The number of benzene rings is 2. The van der Waals surface area contributed by atoms with Crippen LogP contribution in [0.2, 0.25) is 5.02 Å². The van der Waals surface area contributed by atoms with Crippen LogP contribution in [0.1, 0.15) is 24.5 Å². The van der Waals surface area contributed by atoms with E-state index in [1.165, 1.54) is 10.5 Å². The molecule has 6 heteroatoms. The van der Waals surface area contributed by atoms with Crippen LogP contribution < -0.4 is 0 Å². The van der Waals surface area contributed by atoms with E-state index >= 15 is 0 Å². The van der Waals surface area contributed by atoms with E-state index in [1.807, 2.05) is 25.1 Å². The highest BCUT2D eigenvalue weighted by molar-refractivity contribution is 6.36. The van der Waals surface area contributed by atoms with Crippen LogP contribution >= 0.6 is 11.6 Å². The van der Waals surface area contributed by atoms with Gasteiger partial charge in [0.2, 0.25) is 0 Å². The van der Waals surface area contributed by atoms with E-state index in [-0.39, 0.29) is 11.8 Å². The minimum absolute atomic E-state index is 0.177. The fourth-order valence-corrected chi connectivity index (χ4v) is 4.26. The molecule has 0 N–H and O–H groups in total. The molecule has 0 bridgehead atoms. The monoisotopic (exact) mass is 423 g/mol. The van der Waals surface area contributed by atoms with Gasteiger partial charge in [-0.05, 0) is 29.7 Å². The predicted molar refractivity (Wildman–Crippen MR) is 119 cm³/mol. The lowest BCUT2D eigenvalue weighted by Gasteiger charge is -2.36. The Morgan fingerprint density at radius 2 is 1.53 bits per heavy atom. The molecule has 0 saturated carbocycles. The topological polar surface area (TPSA) is 43.9 Å². The molecule has 30 heavy (non-hydrogen) atoms. The van der Waals surface area contributed by atoms with Crippen LogP contribution in [-0.4, -0.2) is 59.2 Å². The van der Waals surface area contributed by atoms with E-state index in [0.29, 0.717) is 22.8 Å². The summed E-state index contributed by atoms with van der Waals surface area (Å²) in [5.41, 5.74) is 3.07. The Kier molecular flexibility index (Phi) is 6.21. The summed E-state index contributed by atoms with van der Waals surface area (Å²) in [6, 6.07) is 17.6. The average molecular weight is 424 g/mol. The third kappa shape index (κ3) is 4.13. The Morgan fingerprint density at radius 1 is 0.867 bits per heavy atom. The summed E-state index contributed by atoms with van der Waals surface area (Å²) in [4.78, 5) is 32.2.